The third kappa shape index (κ3) is 4.95. The fourth-order valence-electron chi connectivity index (χ4n) is 1.25. The molecular weight excluding hydrogens is 315 g/mol. The van der Waals surface area contributed by atoms with Gasteiger partial charge in [-0.05, 0) is 40.5 Å². The van der Waals surface area contributed by atoms with E-state index in [1.54, 1.807) is 0 Å². The van der Waals surface area contributed by atoms with Crippen molar-refractivity contribution in [3.05, 3.63) is 28.2 Å². The second-order valence-corrected chi connectivity index (χ2v) is 4.50. The first-order chi connectivity index (χ1) is 8.29. The van der Waals surface area contributed by atoms with E-state index in [0.29, 0.717) is 4.47 Å². The van der Waals surface area contributed by atoms with Crippen molar-refractivity contribution in [2.75, 3.05) is 6.54 Å². The van der Waals surface area contributed by atoms with Crippen LogP contribution in [0.3, 0.4) is 0 Å². The topological polar surface area (TPSA) is 49.3 Å². The van der Waals surface area contributed by atoms with Crippen molar-refractivity contribution in [2.24, 2.45) is 0 Å². The van der Waals surface area contributed by atoms with Crippen LogP contribution >= 0.6 is 15.9 Å². The Balaban J connectivity index is 2.43. The summed E-state index contributed by atoms with van der Waals surface area (Å²) in [6.07, 6.45) is -5.31. The van der Waals surface area contributed by atoms with Gasteiger partial charge in [-0.15, -0.1) is 0 Å². The highest BCUT2D eigenvalue weighted by Crippen LogP contribution is 2.24. The second kappa shape index (κ2) is 6.08. The molecule has 0 heterocycles. The summed E-state index contributed by atoms with van der Waals surface area (Å²) >= 11 is 3.06. The quantitative estimate of drug-likeness (QED) is 0.835. The number of halogens is 4. The average Bonchev–Trinajstić information content (AvgIpc) is 2.26. The minimum absolute atomic E-state index is 0.0603. The van der Waals surface area contributed by atoms with Gasteiger partial charge in [0.1, 0.15) is 5.75 Å². The minimum Gasteiger partial charge on any atom is -0.507 e. The van der Waals surface area contributed by atoms with Gasteiger partial charge in [0.2, 0.25) is 0 Å². The molecule has 0 aliphatic carbocycles. The number of phenols is 1. The number of carbonyl (C=O) groups is 1. The maximum atomic E-state index is 11.8. The first kappa shape index (κ1) is 14.8. The molecule has 0 radical (unpaired) electrons. The van der Waals surface area contributed by atoms with E-state index < -0.39 is 18.5 Å². The van der Waals surface area contributed by atoms with Gasteiger partial charge in [0.15, 0.2) is 0 Å². The van der Waals surface area contributed by atoms with Gasteiger partial charge in [-0.3, -0.25) is 4.79 Å². The molecule has 1 amide bonds. The lowest BCUT2D eigenvalue weighted by molar-refractivity contribution is -0.135. The van der Waals surface area contributed by atoms with Crippen LogP contribution in [0, 0.1) is 0 Å². The number of hydrogen-bond acceptors (Lipinski definition) is 2. The first-order valence-electron chi connectivity index (χ1n) is 5.13. The van der Waals surface area contributed by atoms with E-state index in [2.05, 4.69) is 21.2 Å². The molecule has 3 nitrogen and oxygen atoms in total. The minimum atomic E-state index is -4.21. The summed E-state index contributed by atoms with van der Waals surface area (Å²) in [6, 6.07) is 4.19. The van der Waals surface area contributed by atoms with E-state index in [1.807, 2.05) is 0 Å². The van der Waals surface area contributed by atoms with Crippen LogP contribution in [0.2, 0.25) is 0 Å². The molecule has 0 fully saturated rings. The molecule has 2 N–H and O–H groups in total. The molecular formula is C11H11BrF3NO2. The lowest BCUT2D eigenvalue weighted by atomic mass is 10.2. The first-order valence-corrected chi connectivity index (χ1v) is 5.92. The van der Waals surface area contributed by atoms with Crippen molar-refractivity contribution in [1.29, 1.82) is 0 Å². The molecule has 100 valence electrons. The molecule has 0 aliphatic heterocycles. The highest BCUT2D eigenvalue weighted by atomic mass is 79.9. The zero-order valence-electron chi connectivity index (χ0n) is 9.22. The van der Waals surface area contributed by atoms with Crippen LogP contribution in [0.4, 0.5) is 13.2 Å². The summed E-state index contributed by atoms with van der Waals surface area (Å²) in [6.45, 7) is -0.0603. The molecule has 0 aromatic heterocycles. The number of amides is 1. The molecule has 1 rings (SSSR count). The Hall–Kier alpha value is -1.24. The maximum absolute atomic E-state index is 11.8. The highest BCUT2D eigenvalue weighted by molar-refractivity contribution is 9.10. The highest BCUT2D eigenvalue weighted by Gasteiger charge is 2.26. The lowest BCUT2D eigenvalue weighted by Gasteiger charge is -2.08. The van der Waals surface area contributed by atoms with Crippen molar-refractivity contribution in [3.63, 3.8) is 0 Å². The smallest absolute Gasteiger partial charge is 0.389 e. The maximum Gasteiger partial charge on any atom is 0.389 e. The zero-order valence-corrected chi connectivity index (χ0v) is 10.8. The summed E-state index contributed by atoms with van der Waals surface area (Å²) < 4.78 is 36.0. The summed E-state index contributed by atoms with van der Waals surface area (Å²) in [4.78, 5) is 11.5. The van der Waals surface area contributed by atoms with E-state index in [4.69, 9.17) is 0 Å². The largest absolute Gasteiger partial charge is 0.507 e. The molecule has 0 atom stereocenters. The standard InChI is InChI=1S/C11H11BrF3NO2/c12-8-3-2-7(6-9(8)17)10(18)16-5-1-4-11(13,14)15/h2-3,6,17H,1,4-5H2,(H,16,18). The van der Waals surface area contributed by atoms with Gasteiger partial charge in [-0.1, -0.05) is 0 Å². The van der Waals surface area contributed by atoms with Gasteiger partial charge in [0, 0.05) is 18.5 Å². The monoisotopic (exact) mass is 325 g/mol. The number of rotatable bonds is 4. The second-order valence-electron chi connectivity index (χ2n) is 3.64. The predicted molar refractivity (Wildman–Crippen MR) is 63.4 cm³/mol. The van der Waals surface area contributed by atoms with E-state index >= 15 is 0 Å². The summed E-state index contributed by atoms with van der Waals surface area (Å²) in [7, 11) is 0. The number of benzene rings is 1. The van der Waals surface area contributed by atoms with E-state index in [1.165, 1.54) is 18.2 Å². The van der Waals surface area contributed by atoms with Gasteiger partial charge in [0.05, 0.1) is 4.47 Å². The van der Waals surface area contributed by atoms with Crippen molar-refractivity contribution in [3.8, 4) is 5.75 Å². The normalized spacial score (nSPS) is 11.3. The Labute approximate surface area is 110 Å². The van der Waals surface area contributed by atoms with Crippen LogP contribution in [-0.4, -0.2) is 23.7 Å². The SMILES string of the molecule is O=C(NCCCC(F)(F)F)c1ccc(Br)c(O)c1. The van der Waals surface area contributed by atoms with Gasteiger partial charge in [-0.2, -0.15) is 13.2 Å². The van der Waals surface area contributed by atoms with Crippen molar-refractivity contribution in [2.45, 2.75) is 19.0 Å². The molecule has 0 saturated heterocycles. The number of phenolic OH excluding ortho intramolecular Hbond substituents is 1. The fraction of sp³-hybridized carbons (Fsp3) is 0.364. The molecule has 1 aromatic rings. The Morgan fingerprint density at radius 3 is 2.61 bits per heavy atom. The molecule has 0 aliphatic rings. The molecule has 0 saturated carbocycles. The van der Waals surface area contributed by atoms with Crippen LogP contribution in [0.25, 0.3) is 0 Å². The summed E-state index contributed by atoms with van der Waals surface area (Å²) in [5, 5.41) is 11.7. The van der Waals surface area contributed by atoms with Crippen LogP contribution in [-0.2, 0) is 0 Å². The van der Waals surface area contributed by atoms with Crippen LogP contribution in [0.1, 0.15) is 23.2 Å². The van der Waals surface area contributed by atoms with Crippen LogP contribution in [0.5, 0.6) is 5.75 Å². The average molecular weight is 326 g/mol. The molecule has 1 aromatic carbocycles. The summed E-state index contributed by atoms with van der Waals surface area (Å²) in [5.74, 6) is -0.613. The number of alkyl halides is 3. The Morgan fingerprint density at radius 2 is 2.06 bits per heavy atom. The Kier molecular flexibility index (Phi) is 5.01. The van der Waals surface area contributed by atoms with E-state index in [-0.39, 0.29) is 24.3 Å². The molecule has 0 bridgehead atoms. The van der Waals surface area contributed by atoms with E-state index in [9.17, 15) is 23.1 Å². The fourth-order valence-corrected chi connectivity index (χ4v) is 1.49. The lowest BCUT2D eigenvalue weighted by Crippen LogP contribution is -2.25. The Morgan fingerprint density at radius 1 is 1.39 bits per heavy atom. The number of nitrogens with one attached hydrogen (secondary N) is 1. The number of hydrogen-bond donors (Lipinski definition) is 2. The number of aromatic hydroxyl groups is 1. The van der Waals surface area contributed by atoms with Crippen LogP contribution < -0.4 is 5.32 Å². The van der Waals surface area contributed by atoms with Crippen molar-refractivity contribution in [1.82, 2.24) is 5.32 Å². The van der Waals surface area contributed by atoms with Gasteiger partial charge in [0.25, 0.3) is 5.91 Å². The van der Waals surface area contributed by atoms with Gasteiger partial charge >= 0.3 is 6.18 Å². The molecule has 18 heavy (non-hydrogen) atoms. The third-order valence-corrected chi connectivity index (χ3v) is 2.80. The predicted octanol–water partition coefficient (Wildman–Crippen LogP) is 3.23. The molecule has 0 spiro atoms. The van der Waals surface area contributed by atoms with Gasteiger partial charge in [-0.25, -0.2) is 0 Å². The number of carbonyl (C=O) groups excluding carboxylic acids is 1. The van der Waals surface area contributed by atoms with Crippen LogP contribution in [0.15, 0.2) is 22.7 Å². The zero-order chi connectivity index (χ0) is 13.8. The van der Waals surface area contributed by atoms with Crippen molar-refractivity contribution < 1.29 is 23.1 Å². The summed E-state index contributed by atoms with van der Waals surface area (Å²) in [5.41, 5.74) is 0.197. The molecule has 7 heteroatoms. The molecule has 0 unspecified atom stereocenters. The van der Waals surface area contributed by atoms with E-state index in [0.717, 1.165) is 0 Å². The van der Waals surface area contributed by atoms with Gasteiger partial charge < -0.3 is 10.4 Å². The third-order valence-electron chi connectivity index (χ3n) is 2.13. The Bertz CT molecular complexity index is 435. The van der Waals surface area contributed by atoms with Crippen molar-refractivity contribution >= 4 is 21.8 Å².